The Morgan fingerprint density at radius 2 is 2.05 bits per heavy atom. The van der Waals surface area contributed by atoms with Crippen LogP contribution in [-0.2, 0) is 4.74 Å². The lowest BCUT2D eigenvalue weighted by atomic mass is 10.2. The van der Waals surface area contributed by atoms with E-state index in [9.17, 15) is 4.79 Å². The Kier molecular flexibility index (Phi) is 4.16. The number of carbonyl (C=O) groups excluding carboxylic acids is 1. The average molecular weight is 322 g/mol. The molecule has 2 aromatic rings. The molecule has 5 heteroatoms. The van der Waals surface area contributed by atoms with Gasteiger partial charge in [0.05, 0.1) is 12.7 Å². The third kappa shape index (κ3) is 3.32. The Hall–Kier alpha value is -1.88. The van der Waals surface area contributed by atoms with E-state index in [1.165, 1.54) is 13.3 Å². The molecule has 1 heterocycles. The molecule has 4 nitrogen and oxygen atoms in total. The Morgan fingerprint density at radius 3 is 2.63 bits per heavy atom. The van der Waals surface area contributed by atoms with Crippen molar-refractivity contribution in [3.05, 3.63) is 52.1 Å². The van der Waals surface area contributed by atoms with Crippen LogP contribution < -0.4 is 4.74 Å². The largest absolute Gasteiger partial charge is 0.465 e. The highest BCUT2D eigenvalue weighted by Crippen LogP contribution is 2.25. The van der Waals surface area contributed by atoms with Crippen LogP contribution in [0.15, 0.2) is 41.0 Å². The second-order valence-electron chi connectivity index (χ2n) is 3.89. The first kappa shape index (κ1) is 13.5. The molecule has 0 aliphatic rings. The van der Waals surface area contributed by atoms with Crippen molar-refractivity contribution in [2.45, 2.75) is 6.92 Å². The quantitative estimate of drug-likeness (QED) is 0.808. The standard InChI is InChI=1S/C14H12BrNO3/c1-9-7-11(4-5-12(9)15)19-13-6-3-10(8-16-13)14(17)18-2/h3-8H,1-2H3. The smallest absolute Gasteiger partial charge is 0.339 e. The van der Waals surface area contributed by atoms with Crippen LogP contribution in [0.4, 0.5) is 0 Å². The molecule has 0 aliphatic carbocycles. The number of methoxy groups -OCH3 is 1. The number of esters is 1. The second kappa shape index (κ2) is 5.84. The van der Waals surface area contributed by atoms with Gasteiger partial charge in [-0.1, -0.05) is 15.9 Å². The van der Waals surface area contributed by atoms with E-state index in [0.717, 1.165) is 10.0 Å². The summed E-state index contributed by atoms with van der Waals surface area (Å²) >= 11 is 3.43. The normalized spacial score (nSPS) is 10.1. The maximum absolute atomic E-state index is 11.3. The van der Waals surface area contributed by atoms with Gasteiger partial charge in [0.1, 0.15) is 5.75 Å². The van der Waals surface area contributed by atoms with Gasteiger partial charge >= 0.3 is 5.97 Å². The van der Waals surface area contributed by atoms with Crippen molar-refractivity contribution in [2.24, 2.45) is 0 Å². The predicted molar refractivity (Wildman–Crippen MR) is 74.5 cm³/mol. The molecule has 0 radical (unpaired) electrons. The van der Waals surface area contributed by atoms with E-state index in [2.05, 4.69) is 25.7 Å². The van der Waals surface area contributed by atoms with Crippen LogP contribution in [-0.4, -0.2) is 18.1 Å². The molecule has 0 fully saturated rings. The Bertz CT molecular complexity index is 596. The summed E-state index contributed by atoms with van der Waals surface area (Å²) in [5.41, 5.74) is 1.46. The van der Waals surface area contributed by atoms with Crippen LogP contribution >= 0.6 is 15.9 Å². The van der Waals surface area contributed by atoms with Gasteiger partial charge in [0.15, 0.2) is 0 Å². The number of rotatable bonds is 3. The first-order valence-electron chi connectivity index (χ1n) is 5.58. The van der Waals surface area contributed by atoms with E-state index in [1.54, 1.807) is 12.1 Å². The van der Waals surface area contributed by atoms with E-state index in [1.807, 2.05) is 25.1 Å². The van der Waals surface area contributed by atoms with Gasteiger partial charge in [-0.05, 0) is 36.8 Å². The van der Waals surface area contributed by atoms with E-state index >= 15 is 0 Å². The van der Waals surface area contributed by atoms with E-state index in [-0.39, 0.29) is 0 Å². The Labute approximate surface area is 119 Å². The summed E-state index contributed by atoms with van der Waals surface area (Å²) < 4.78 is 11.2. The number of carbonyl (C=O) groups is 1. The molecule has 1 aromatic heterocycles. The minimum atomic E-state index is -0.418. The number of benzene rings is 1. The van der Waals surface area contributed by atoms with Crippen molar-refractivity contribution in [3.8, 4) is 11.6 Å². The third-order valence-electron chi connectivity index (χ3n) is 2.51. The number of nitrogens with zero attached hydrogens (tertiary/aromatic N) is 1. The molecule has 0 N–H and O–H groups in total. The molecule has 1 aromatic carbocycles. The van der Waals surface area contributed by atoms with E-state index < -0.39 is 5.97 Å². The highest BCUT2D eigenvalue weighted by Gasteiger charge is 2.06. The van der Waals surface area contributed by atoms with Gasteiger partial charge < -0.3 is 9.47 Å². The molecule has 2 rings (SSSR count). The zero-order valence-electron chi connectivity index (χ0n) is 10.5. The first-order chi connectivity index (χ1) is 9.10. The molecule has 0 saturated heterocycles. The fraction of sp³-hybridized carbons (Fsp3) is 0.143. The number of ether oxygens (including phenoxy) is 2. The van der Waals surface area contributed by atoms with Gasteiger partial charge in [-0.15, -0.1) is 0 Å². The first-order valence-corrected chi connectivity index (χ1v) is 6.38. The van der Waals surface area contributed by atoms with Crippen LogP contribution in [0.5, 0.6) is 11.6 Å². The zero-order valence-corrected chi connectivity index (χ0v) is 12.1. The van der Waals surface area contributed by atoms with Gasteiger partial charge in [0, 0.05) is 16.7 Å². The summed E-state index contributed by atoms with van der Waals surface area (Å²) in [6, 6.07) is 8.89. The Morgan fingerprint density at radius 1 is 1.26 bits per heavy atom. The molecular formula is C14H12BrNO3. The summed E-state index contributed by atoms with van der Waals surface area (Å²) in [4.78, 5) is 15.3. The lowest BCUT2D eigenvalue weighted by Crippen LogP contribution is -2.01. The number of hydrogen-bond acceptors (Lipinski definition) is 4. The van der Waals surface area contributed by atoms with Crippen LogP contribution in [0.3, 0.4) is 0 Å². The SMILES string of the molecule is COC(=O)c1ccc(Oc2ccc(Br)c(C)c2)nc1. The highest BCUT2D eigenvalue weighted by atomic mass is 79.9. The molecule has 0 saturated carbocycles. The molecule has 0 atom stereocenters. The third-order valence-corrected chi connectivity index (χ3v) is 3.40. The summed E-state index contributed by atoms with van der Waals surface area (Å²) in [5.74, 6) is 0.701. The fourth-order valence-corrected chi connectivity index (χ4v) is 1.73. The molecule has 19 heavy (non-hydrogen) atoms. The van der Waals surface area contributed by atoms with Crippen LogP contribution in [0.2, 0.25) is 0 Å². The molecule has 98 valence electrons. The molecule has 0 aliphatic heterocycles. The van der Waals surface area contributed by atoms with E-state index in [0.29, 0.717) is 17.2 Å². The predicted octanol–water partition coefficient (Wildman–Crippen LogP) is 3.73. The minimum Gasteiger partial charge on any atom is -0.465 e. The second-order valence-corrected chi connectivity index (χ2v) is 4.74. The minimum absolute atomic E-state index is 0.391. The van der Waals surface area contributed by atoms with Gasteiger partial charge in [0.25, 0.3) is 0 Å². The van der Waals surface area contributed by atoms with Crippen molar-refractivity contribution in [1.82, 2.24) is 4.98 Å². The lowest BCUT2D eigenvalue weighted by Gasteiger charge is -2.06. The van der Waals surface area contributed by atoms with Crippen LogP contribution in [0.1, 0.15) is 15.9 Å². The van der Waals surface area contributed by atoms with Crippen LogP contribution in [0, 0.1) is 6.92 Å². The number of pyridine rings is 1. The topological polar surface area (TPSA) is 48.4 Å². The monoisotopic (exact) mass is 321 g/mol. The molecule has 0 amide bonds. The van der Waals surface area contributed by atoms with Gasteiger partial charge in [0.2, 0.25) is 5.88 Å². The maximum atomic E-state index is 11.3. The number of hydrogen-bond donors (Lipinski definition) is 0. The summed E-state index contributed by atoms with van der Waals surface area (Å²) in [7, 11) is 1.33. The van der Waals surface area contributed by atoms with Gasteiger partial charge in [-0.2, -0.15) is 0 Å². The highest BCUT2D eigenvalue weighted by molar-refractivity contribution is 9.10. The Balaban J connectivity index is 2.15. The number of halogens is 1. The van der Waals surface area contributed by atoms with Crippen molar-refractivity contribution < 1.29 is 14.3 Å². The van der Waals surface area contributed by atoms with Crippen molar-refractivity contribution >= 4 is 21.9 Å². The number of aryl methyl sites for hydroxylation is 1. The van der Waals surface area contributed by atoms with Gasteiger partial charge in [-0.25, -0.2) is 9.78 Å². The van der Waals surface area contributed by atoms with Crippen molar-refractivity contribution in [1.29, 1.82) is 0 Å². The number of aromatic nitrogens is 1. The molecular weight excluding hydrogens is 310 g/mol. The van der Waals surface area contributed by atoms with Gasteiger partial charge in [-0.3, -0.25) is 0 Å². The summed E-state index contributed by atoms with van der Waals surface area (Å²) in [6.07, 6.45) is 1.42. The van der Waals surface area contributed by atoms with Crippen molar-refractivity contribution in [3.63, 3.8) is 0 Å². The molecule has 0 bridgehead atoms. The fourth-order valence-electron chi connectivity index (χ4n) is 1.48. The summed E-state index contributed by atoms with van der Waals surface area (Å²) in [6.45, 7) is 1.98. The summed E-state index contributed by atoms with van der Waals surface area (Å²) in [5, 5.41) is 0. The van der Waals surface area contributed by atoms with Crippen molar-refractivity contribution in [2.75, 3.05) is 7.11 Å². The van der Waals surface area contributed by atoms with E-state index in [4.69, 9.17) is 4.74 Å². The molecule has 0 unspecified atom stereocenters. The lowest BCUT2D eigenvalue weighted by molar-refractivity contribution is 0.0600. The maximum Gasteiger partial charge on any atom is 0.339 e. The zero-order chi connectivity index (χ0) is 13.8. The van der Waals surface area contributed by atoms with Crippen LogP contribution in [0.25, 0.3) is 0 Å². The molecule has 0 spiro atoms. The average Bonchev–Trinajstić information content (AvgIpc) is 2.43.